The van der Waals surface area contributed by atoms with E-state index in [4.69, 9.17) is 0 Å². The minimum atomic E-state index is -3.04. The predicted octanol–water partition coefficient (Wildman–Crippen LogP) is 3.43. The van der Waals surface area contributed by atoms with E-state index in [0.717, 1.165) is 6.07 Å². The summed E-state index contributed by atoms with van der Waals surface area (Å²) in [5, 5.41) is 0. The lowest BCUT2D eigenvalue weighted by Crippen LogP contribution is -2.21. The van der Waals surface area contributed by atoms with E-state index in [9.17, 15) is 18.0 Å². The van der Waals surface area contributed by atoms with Gasteiger partial charge in [0.05, 0.1) is 10.0 Å². The van der Waals surface area contributed by atoms with E-state index in [0.29, 0.717) is 13.2 Å². The van der Waals surface area contributed by atoms with Crippen molar-refractivity contribution >= 4 is 22.2 Å². The number of hydrogen-bond acceptors (Lipinski definition) is 2. The molecule has 0 fully saturated rings. The zero-order chi connectivity index (χ0) is 12.3. The van der Waals surface area contributed by atoms with Crippen LogP contribution in [0.1, 0.15) is 17.3 Å². The molecule has 16 heavy (non-hydrogen) atoms. The summed E-state index contributed by atoms with van der Waals surface area (Å²) in [6.07, 6.45) is 0.410. The Labute approximate surface area is 98.5 Å². The standard InChI is InChI=1S/C10H8BrF3O2/c1-10(13,14)5-16-9-3-8(12)7(11)2-6(9)4-15/h2-4H,5H2,1H3. The van der Waals surface area contributed by atoms with Crippen LogP contribution in [0.4, 0.5) is 13.2 Å². The number of alkyl halides is 2. The topological polar surface area (TPSA) is 26.3 Å². The average Bonchev–Trinajstić information content (AvgIpc) is 2.18. The van der Waals surface area contributed by atoms with Crippen molar-refractivity contribution in [1.29, 1.82) is 0 Å². The Hall–Kier alpha value is -1.04. The molecule has 0 aliphatic rings. The molecular weight excluding hydrogens is 289 g/mol. The molecule has 1 aromatic carbocycles. The van der Waals surface area contributed by atoms with Crippen molar-refractivity contribution in [2.45, 2.75) is 12.8 Å². The fourth-order valence-electron chi connectivity index (χ4n) is 0.966. The Kier molecular flexibility index (Phi) is 3.96. The number of hydrogen-bond donors (Lipinski definition) is 0. The fourth-order valence-corrected chi connectivity index (χ4v) is 1.33. The Balaban J connectivity index is 2.95. The van der Waals surface area contributed by atoms with Gasteiger partial charge in [0.15, 0.2) is 12.9 Å². The first-order valence-corrected chi connectivity index (χ1v) is 5.07. The summed E-state index contributed by atoms with van der Waals surface area (Å²) < 4.78 is 42.9. The zero-order valence-electron chi connectivity index (χ0n) is 8.27. The van der Waals surface area contributed by atoms with Crippen molar-refractivity contribution in [3.8, 4) is 5.75 Å². The molecule has 0 aliphatic carbocycles. The number of aldehydes is 1. The smallest absolute Gasteiger partial charge is 0.278 e. The molecule has 0 amide bonds. The van der Waals surface area contributed by atoms with Gasteiger partial charge in [-0.15, -0.1) is 0 Å². The summed E-state index contributed by atoms with van der Waals surface area (Å²) in [7, 11) is 0. The summed E-state index contributed by atoms with van der Waals surface area (Å²) in [6.45, 7) is -0.238. The Morgan fingerprint density at radius 2 is 2.12 bits per heavy atom. The second-order valence-corrected chi connectivity index (χ2v) is 4.14. The van der Waals surface area contributed by atoms with Gasteiger partial charge in [-0.05, 0) is 22.0 Å². The number of carbonyl (C=O) groups excluding carboxylic acids is 1. The van der Waals surface area contributed by atoms with Crippen molar-refractivity contribution in [1.82, 2.24) is 0 Å². The summed E-state index contributed by atoms with van der Waals surface area (Å²) >= 11 is 2.87. The molecule has 0 saturated carbocycles. The molecule has 0 saturated heterocycles. The highest BCUT2D eigenvalue weighted by Gasteiger charge is 2.23. The van der Waals surface area contributed by atoms with E-state index in [1.165, 1.54) is 6.07 Å². The molecule has 2 nitrogen and oxygen atoms in total. The van der Waals surface area contributed by atoms with Gasteiger partial charge in [0.1, 0.15) is 11.6 Å². The van der Waals surface area contributed by atoms with Gasteiger partial charge in [0.25, 0.3) is 5.92 Å². The second kappa shape index (κ2) is 4.86. The summed E-state index contributed by atoms with van der Waals surface area (Å²) in [5.74, 6) is -3.92. The number of ether oxygens (including phenoxy) is 1. The molecule has 0 heterocycles. The summed E-state index contributed by atoms with van der Waals surface area (Å²) in [6, 6.07) is 2.06. The fraction of sp³-hybridized carbons (Fsp3) is 0.300. The predicted molar refractivity (Wildman–Crippen MR) is 55.6 cm³/mol. The molecule has 0 atom stereocenters. The maximum atomic E-state index is 13.1. The normalized spacial score (nSPS) is 11.3. The number of benzene rings is 1. The number of carbonyl (C=O) groups is 1. The first kappa shape index (κ1) is 13.0. The summed E-state index contributed by atoms with van der Waals surface area (Å²) in [4.78, 5) is 10.6. The summed E-state index contributed by atoms with van der Waals surface area (Å²) in [5.41, 5.74) is 0.0116. The van der Waals surface area contributed by atoms with Gasteiger partial charge >= 0.3 is 0 Å². The molecule has 6 heteroatoms. The monoisotopic (exact) mass is 296 g/mol. The molecule has 1 rings (SSSR count). The average molecular weight is 297 g/mol. The van der Waals surface area contributed by atoms with E-state index < -0.39 is 18.3 Å². The zero-order valence-corrected chi connectivity index (χ0v) is 9.85. The highest BCUT2D eigenvalue weighted by atomic mass is 79.9. The molecule has 0 radical (unpaired) electrons. The van der Waals surface area contributed by atoms with Crippen LogP contribution >= 0.6 is 15.9 Å². The van der Waals surface area contributed by atoms with Gasteiger partial charge in [-0.3, -0.25) is 4.79 Å². The molecule has 88 valence electrons. The third kappa shape index (κ3) is 3.52. The van der Waals surface area contributed by atoms with Crippen molar-refractivity contribution in [2.75, 3.05) is 6.61 Å². The van der Waals surface area contributed by atoms with Gasteiger partial charge in [-0.1, -0.05) is 0 Å². The lowest BCUT2D eigenvalue weighted by Gasteiger charge is -2.13. The van der Waals surface area contributed by atoms with E-state index in [1.807, 2.05) is 0 Å². The lowest BCUT2D eigenvalue weighted by atomic mass is 10.2. The third-order valence-corrected chi connectivity index (χ3v) is 2.27. The molecule has 0 aromatic heterocycles. The van der Waals surface area contributed by atoms with Crippen molar-refractivity contribution in [3.05, 3.63) is 28.0 Å². The van der Waals surface area contributed by atoms with Gasteiger partial charge < -0.3 is 4.74 Å². The van der Waals surface area contributed by atoms with Crippen LogP contribution in [0.15, 0.2) is 16.6 Å². The van der Waals surface area contributed by atoms with Crippen molar-refractivity contribution in [2.24, 2.45) is 0 Å². The first-order chi connectivity index (χ1) is 7.33. The van der Waals surface area contributed by atoms with Gasteiger partial charge in [0.2, 0.25) is 0 Å². The Bertz CT molecular complexity index is 402. The maximum Gasteiger partial charge on any atom is 0.278 e. The molecule has 0 bridgehead atoms. The second-order valence-electron chi connectivity index (χ2n) is 3.28. The Morgan fingerprint density at radius 1 is 1.50 bits per heavy atom. The van der Waals surface area contributed by atoms with Gasteiger partial charge in [-0.2, -0.15) is 0 Å². The largest absolute Gasteiger partial charge is 0.486 e. The van der Waals surface area contributed by atoms with Crippen LogP contribution in [0.2, 0.25) is 0 Å². The minimum Gasteiger partial charge on any atom is -0.486 e. The molecule has 0 aliphatic heterocycles. The molecule has 0 unspecified atom stereocenters. The lowest BCUT2D eigenvalue weighted by molar-refractivity contribution is -0.0232. The maximum absolute atomic E-state index is 13.1. The molecule has 1 aromatic rings. The highest BCUT2D eigenvalue weighted by molar-refractivity contribution is 9.10. The van der Waals surface area contributed by atoms with E-state index >= 15 is 0 Å². The van der Waals surface area contributed by atoms with Crippen LogP contribution in [0.5, 0.6) is 5.75 Å². The van der Waals surface area contributed by atoms with Crippen LogP contribution < -0.4 is 4.74 Å². The SMILES string of the molecule is CC(F)(F)COc1cc(F)c(Br)cc1C=O. The van der Waals surface area contributed by atoms with Crippen LogP contribution in [0.25, 0.3) is 0 Å². The van der Waals surface area contributed by atoms with Gasteiger partial charge in [-0.25, -0.2) is 13.2 Å². The first-order valence-electron chi connectivity index (χ1n) is 4.28. The quantitative estimate of drug-likeness (QED) is 0.796. The van der Waals surface area contributed by atoms with Crippen LogP contribution in [0, 0.1) is 5.82 Å². The third-order valence-electron chi connectivity index (χ3n) is 1.66. The molecule has 0 spiro atoms. The van der Waals surface area contributed by atoms with Crippen molar-refractivity contribution < 1.29 is 22.7 Å². The minimum absolute atomic E-state index is 0.0116. The molecule has 0 N–H and O–H groups in total. The Morgan fingerprint density at radius 3 is 2.62 bits per heavy atom. The van der Waals surface area contributed by atoms with Gasteiger partial charge in [0, 0.05) is 13.0 Å². The van der Waals surface area contributed by atoms with Crippen molar-refractivity contribution in [3.63, 3.8) is 0 Å². The van der Waals surface area contributed by atoms with E-state index in [1.54, 1.807) is 0 Å². The number of halogens is 4. The highest BCUT2D eigenvalue weighted by Crippen LogP contribution is 2.26. The van der Waals surface area contributed by atoms with Crippen LogP contribution in [-0.4, -0.2) is 18.8 Å². The number of rotatable bonds is 4. The van der Waals surface area contributed by atoms with Crippen LogP contribution in [0.3, 0.4) is 0 Å². The van der Waals surface area contributed by atoms with E-state index in [-0.39, 0.29) is 15.8 Å². The van der Waals surface area contributed by atoms with E-state index in [2.05, 4.69) is 20.7 Å². The van der Waals surface area contributed by atoms with Crippen LogP contribution in [-0.2, 0) is 0 Å². The molecular formula is C10H8BrF3O2.